The highest BCUT2D eigenvalue weighted by Crippen LogP contribution is 2.42. The number of likely N-dealkylation sites (N-methyl/N-ethyl adjacent to an activating group) is 1. The van der Waals surface area contributed by atoms with Gasteiger partial charge in [-0.15, -0.1) is 0 Å². The van der Waals surface area contributed by atoms with E-state index >= 15 is 0 Å². The van der Waals surface area contributed by atoms with Gasteiger partial charge in [-0.3, -0.25) is 14.5 Å². The molecule has 9 nitrogen and oxygen atoms in total. The van der Waals surface area contributed by atoms with Crippen LogP contribution < -0.4 is 16.8 Å². The molecule has 0 aliphatic carbocycles. The summed E-state index contributed by atoms with van der Waals surface area (Å²) >= 11 is 0. The van der Waals surface area contributed by atoms with Gasteiger partial charge in [-0.1, -0.05) is 18.2 Å². The van der Waals surface area contributed by atoms with E-state index < -0.39 is 47.4 Å². The average Bonchev–Trinajstić information content (AvgIpc) is 3.32. The van der Waals surface area contributed by atoms with E-state index in [0.717, 1.165) is 50.3 Å². The molecule has 2 aromatic carbocycles. The number of anilines is 2. The van der Waals surface area contributed by atoms with Crippen molar-refractivity contribution in [3.63, 3.8) is 0 Å². The Bertz CT molecular complexity index is 1490. The van der Waals surface area contributed by atoms with E-state index in [1.807, 2.05) is 24.3 Å². The monoisotopic (exact) mass is 739 g/mol. The molecule has 3 aliphatic heterocycles. The number of nitrogens with zero attached hydrogens (tertiary/aromatic N) is 4. The number of amides is 2. The first-order chi connectivity index (χ1) is 24.6. The second-order valence-corrected chi connectivity index (χ2v) is 14.5. The Hall–Kier alpha value is -3.56. The Morgan fingerprint density at radius 2 is 1.44 bits per heavy atom. The van der Waals surface area contributed by atoms with Crippen molar-refractivity contribution < 1.29 is 35.9 Å². The number of benzene rings is 2. The summed E-state index contributed by atoms with van der Waals surface area (Å²) in [6, 6.07) is 9.24. The molecule has 1 atom stereocenters. The fourth-order valence-corrected chi connectivity index (χ4v) is 7.82. The van der Waals surface area contributed by atoms with E-state index in [1.165, 1.54) is 0 Å². The van der Waals surface area contributed by atoms with Crippen molar-refractivity contribution >= 4 is 23.2 Å². The van der Waals surface area contributed by atoms with Gasteiger partial charge in [0.2, 0.25) is 11.8 Å². The van der Waals surface area contributed by atoms with Crippen molar-refractivity contribution in [2.24, 2.45) is 5.92 Å². The van der Waals surface area contributed by atoms with Crippen molar-refractivity contribution in [1.29, 1.82) is 0 Å². The van der Waals surface area contributed by atoms with Crippen LogP contribution in [0.4, 0.5) is 37.7 Å². The van der Waals surface area contributed by atoms with E-state index in [1.54, 1.807) is 9.80 Å². The van der Waals surface area contributed by atoms with Crippen molar-refractivity contribution in [3.8, 4) is 0 Å². The predicted molar refractivity (Wildman–Crippen MR) is 188 cm³/mol. The van der Waals surface area contributed by atoms with E-state index in [9.17, 15) is 35.9 Å². The fraction of sp³-hybridized carbons (Fsp3) is 0.622. The van der Waals surface area contributed by atoms with Crippen molar-refractivity contribution in [2.45, 2.75) is 75.8 Å². The van der Waals surface area contributed by atoms with E-state index in [4.69, 9.17) is 11.5 Å². The van der Waals surface area contributed by atoms with Crippen LogP contribution in [0.2, 0.25) is 0 Å². The third-order valence-electron chi connectivity index (χ3n) is 10.9. The highest BCUT2D eigenvalue weighted by molar-refractivity contribution is 5.86. The zero-order valence-corrected chi connectivity index (χ0v) is 29.7. The van der Waals surface area contributed by atoms with Crippen LogP contribution >= 0.6 is 0 Å². The zero-order valence-electron chi connectivity index (χ0n) is 29.7. The van der Waals surface area contributed by atoms with Crippen LogP contribution in [-0.4, -0.2) is 109 Å². The molecule has 0 spiro atoms. The molecule has 52 heavy (non-hydrogen) atoms. The highest BCUT2D eigenvalue weighted by atomic mass is 19.4. The van der Waals surface area contributed by atoms with Crippen molar-refractivity contribution in [2.75, 3.05) is 77.4 Å². The molecule has 0 aromatic heterocycles. The molecule has 0 saturated carbocycles. The SMILES string of the molecule is CN1CCCN(C2CCN(C(=O)[C@H](CC(=O)N3CCC(NCCc4ccccc4N)CC3)Cc3cc(C(F)(F)F)c(N)c(C(F)(F)F)c3)CC2)CC1. The number of piperidine rings is 2. The van der Waals surface area contributed by atoms with Gasteiger partial charge in [0.15, 0.2) is 0 Å². The van der Waals surface area contributed by atoms with Crippen LogP contribution in [0.1, 0.15) is 60.8 Å². The molecule has 15 heteroatoms. The number of carbonyl (C=O) groups is 2. The first-order valence-electron chi connectivity index (χ1n) is 18.2. The number of para-hydroxylation sites is 1. The minimum Gasteiger partial charge on any atom is -0.399 e. The molecule has 5 rings (SSSR count). The summed E-state index contributed by atoms with van der Waals surface area (Å²) in [4.78, 5) is 35.8. The number of rotatable bonds is 10. The molecule has 3 heterocycles. The molecule has 0 unspecified atom stereocenters. The molecule has 3 fully saturated rings. The van der Waals surface area contributed by atoms with Gasteiger partial charge in [-0.05, 0) is 101 Å². The predicted octanol–water partition coefficient (Wildman–Crippen LogP) is 4.89. The largest absolute Gasteiger partial charge is 0.418 e. The van der Waals surface area contributed by atoms with Gasteiger partial charge < -0.3 is 31.5 Å². The van der Waals surface area contributed by atoms with Crippen LogP contribution in [0.3, 0.4) is 0 Å². The second-order valence-electron chi connectivity index (χ2n) is 14.5. The van der Waals surface area contributed by atoms with E-state index in [-0.39, 0.29) is 30.0 Å². The number of nitrogens with one attached hydrogen (secondary N) is 1. The molecular weight excluding hydrogens is 688 g/mol. The number of alkyl halides is 6. The summed E-state index contributed by atoms with van der Waals surface area (Å²) in [7, 11) is 2.09. The molecule has 288 valence electrons. The molecule has 2 amide bonds. The average molecular weight is 740 g/mol. The Balaban J connectivity index is 1.27. The Labute approximate surface area is 301 Å². The van der Waals surface area contributed by atoms with Gasteiger partial charge in [-0.2, -0.15) is 26.3 Å². The van der Waals surface area contributed by atoms with Crippen LogP contribution in [0, 0.1) is 5.92 Å². The quantitative estimate of drug-likeness (QED) is 0.235. The number of halogens is 6. The summed E-state index contributed by atoms with van der Waals surface area (Å²) in [5.41, 5.74) is 8.24. The number of nitrogen functional groups attached to an aromatic ring is 2. The van der Waals surface area contributed by atoms with Crippen molar-refractivity contribution in [3.05, 3.63) is 58.7 Å². The van der Waals surface area contributed by atoms with Crippen molar-refractivity contribution in [1.82, 2.24) is 24.9 Å². The Morgan fingerprint density at radius 1 is 0.827 bits per heavy atom. The van der Waals surface area contributed by atoms with Crippen LogP contribution in [0.15, 0.2) is 36.4 Å². The number of carbonyl (C=O) groups excluding carboxylic acids is 2. The van der Waals surface area contributed by atoms with Gasteiger partial charge in [0.25, 0.3) is 0 Å². The lowest BCUT2D eigenvalue weighted by atomic mass is 9.90. The fourth-order valence-electron chi connectivity index (χ4n) is 7.82. The van der Waals surface area contributed by atoms with Gasteiger partial charge >= 0.3 is 12.4 Å². The maximum absolute atomic E-state index is 14.1. The second kappa shape index (κ2) is 17.1. The number of hydrogen-bond acceptors (Lipinski definition) is 7. The first-order valence-corrected chi connectivity index (χ1v) is 18.2. The molecular formula is C37H51F6N7O2. The molecule has 5 N–H and O–H groups in total. The standard InChI is InChI=1S/C37H51F6N7O2/c1-47-13-4-14-48(20-19-47)29-10-17-50(18-11-29)35(52)27(21-25-22-30(36(38,39)40)34(45)31(23-25)37(41,42)43)24-33(51)49-15-8-28(9-16-49)46-12-7-26-5-2-3-6-32(26)44/h2-3,5-6,22-23,27-29,46H,4,7-21,24,44-45H2,1H3/t27-/m0/s1. The Morgan fingerprint density at radius 3 is 2.06 bits per heavy atom. The van der Waals surface area contributed by atoms with Gasteiger partial charge in [0.05, 0.1) is 22.7 Å². The normalized spacial score (nSPS) is 19.8. The minimum atomic E-state index is -5.15. The van der Waals surface area contributed by atoms with E-state index in [0.29, 0.717) is 70.5 Å². The van der Waals surface area contributed by atoms with Crippen LogP contribution in [0.5, 0.6) is 0 Å². The lowest BCUT2D eigenvalue weighted by Gasteiger charge is -2.39. The smallest absolute Gasteiger partial charge is 0.399 e. The third-order valence-corrected chi connectivity index (χ3v) is 10.9. The first kappa shape index (κ1) is 39.6. The highest BCUT2D eigenvalue weighted by Gasteiger charge is 2.42. The van der Waals surface area contributed by atoms with Crippen LogP contribution in [-0.2, 0) is 34.8 Å². The van der Waals surface area contributed by atoms with Crippen LogP contribution in [0.25, 0.3) is 0 Å². The molecule has 0 radical (unpaired) electrons. The third kappa shape index (κ3) is 10.3. The number of likely N-dealkylation sites (tertiary alicyclic amines) is 2. The summed E-state index contributed by atoms with van der Waals surface area (Å²) in [6.07, 6.45) is -6.57. The number of nitrogens with two attached hydrogens (primary N) is 2. The lowest BCUT2D eigenvalue weighted by Crippen LogP contribution is -2.50. The Kier molecular flexibility index (Phi) is 13.0. The molecule has 3 aliphatic rings. The van der Waals surface area contributed by atoms with Gasteiger partial charge in [0, 0.05) is 63.5 Å². The topological polar surface area (TPSA) is 111 Å². The summed E-state index contributed by atoms with van der Waals surface area (Å²) in [5, 5.41) is 3.51. The maximum atomic E-state index is 14.1. The maximum Gasteiger partial charge on any atom is 0.418 e. The van der Waals surface area contributed by atoms with Gasteiger partial charge in [-0.25, -0.2) is 0 Å². The summed E-state index contributed by atoms with van der Waals surface area (Å²) < 4.78 is 83.3. The van der Waals surface area contributed by atoms with E-state index in [2.05, 4.69) is 22.2 Å². The molecule has 3 saturated heterocycles. The summed E-state index contributed by atoms with van der Waals surface area (Å²) in [5.74, 6) is -1.92. The number of hydrogen-bond donors (Lipinski definition) is 3. The summed E-state index contributed by atoms with van der Waals surface area (Å²) in [6.45, 7) is 6.16. The molecule has 2 aromatic rings. The lowest BCUT2D eigenvalue weighted by molar-refractivity contribution is -0.143. The van der Waals surface area contributed by atoms with Gasteiger partial charge in [0.1, 0.15) is 0 Å². The zero-order chi connectivity index (χ0) is 37.6. The minimum absolute atomic E-state index is 0.161. The molecule has 0 bridgehead atoms.